The van der Waals surface area contributed by atoms with Crippen LogP contribution < -0.4 is 0 Å². The van der Waals surface area contributed by atoms with Gasteiger partial charge in [-0.05, 0) is 37.1 Å². The Morgan fingerprint density at radius 1 is 0.826 bits per heavy atom. The number of rotatable bonds is 0. The molecule has 0 spiro atoms. The van der Waals surface area contributed by atoms with Crippen molar-refractivity contribution in [1.82, 2.24) is 0 Å². The van der Waals surface area contributed by atoms with E-state index in [2.05, 4.69) is 32.0 Å². The molecule has 1 aliphatic carbocycles. The van der Waals surface area contributed by atoms with Gasteiger partial charge in [0.25, 0.3) is 0 Å². The van der Waals surface area contributed by atoms with Gasteiger partial charge >= 0.3 is 0 Å². The first-order valence-corrected chi connectivity index (χ1v) is 7.96. The van der Waals surface area contributed by atoms with Crippen LogP contribution in [-0.4, -0.2) is 17.2 Å². The van der Waals surface area contributed by atoms with Crippen molar-refractivity contribution < 1.29 is 4.79 Å². The molecule has 1 fully saturated rings. The Kier molecular flexibility index (Phi) is 2.17. The Balaban J connectivity index is 1.89. The molecular weight excluding hydrogens is 284 g/mol. The van der Waals surface area contributed by atoms with Crippen molar-refractivity contribution in [2.75, 3.05) is 0 Å². The van der Waals surface area contributed by atoms with E-state index in [1.165, 1.54) is 5.56 Å². The van der Waals surface area contributed by atoms with Crippen molar-refractivity contribution in [2.45, 2.75) is 31.1 Å². The molecule has 0 radical (unpaired) electrons. The number of hydrogen-bond acceptors (Lipinski definition) is 3. The average Bonchev–Trinajstić information content (AvgIpc) is 3.03. The van der Waals surface area contributed by atoms with Crippen molar-refractivity contribution in [3.63, 3.8) is 0 Å². The first kappa shape index (κ1) is 12.9. The zero-order chi connectivity index (χ0) is 15.8. The summed E-state index contributed by atoms with van der Waals surface area (Å²) in [5, 5.41) is 0. The maximum atomic E-state index is 12.8. The van der Waals surface area contributed by atoms with Crippen LogP contribution in [0.25, 0.3) is 0 Å². The van der Waals surface area contributed by atoms with E-state index in [1.54, 1.807) is 0 Å². The average molecular weight is 300 g/mol. The van der Waals surface area contributed by atoms with Gasteiger partial charge < -0.3 is 0 Å². The number of aliphatic imine (C=N–C) groups is 2. The van der Waals surface area contributed by atoms with Gasteiger partial charge in [-0.25, -0.2) is 4.99 Å². The van der Waals surface area contributed by atoms with Crippen molar-refractivity contribution in [2.24, 2.45) is 9.98 Å². The summed E-state index contributed by atoms with van der Waals surface area (Å²) in [6.45, 7) is 4.38. The SMILES string of the molecule is CC12C(=Nc3ccccc31)CC(=O)C1=Nc3ccccc3C12C. The highest BCUT2D eigenvalue weighted by molar-refractivity contribution is 6.51. The number of carbonyl (C=O) groups is 1. The monoisotopic (exact) mass is 300 g/mol. The number of hydrogen-bond donors (Lipinski definition) is 0. The number of nitrogens with zero attached hydrogens (tertiary/aromatic N) is 2. The van der Waals surface area contributed by atoms with E-state index in [9.17, 15) is 4.79 Å². The van der Waals surface area contributed by atoms with Crippen LogP contribution in [0.3, 0.4) is 0 Å². The van der Waals surface area contributed by atoms with Crippen LogP contribution in [0.1, 0.15) is 31.4 Å². The van der Waals surface area contributed by atoms with Crippen LogP contribution in [0, 0.1) is 0 Å². The molecule has 0 amide bonds. The van der Waals surface area contributed by atoms with Crippen molar-refractivity contribution >= 4 is 28.6 Å². The highest BCUT2D eigenvalue weighted by atomic mass is 16.1. The van der Waals surface area contributed by atoms with Crippen LogP contribution in [0.4, 0.5) is 11.4 Å². The highest BCUT2D eigenvalue weighted by Crippen LogP contribution is 2.59. The molecular formula is C20H16N2O. The van der Waals surface area contributed by atoms with Crippen molar-refractivity contribution in [3.8, 4) is 0 Å². The summed E-state index contributed by atoms with van der Waals surface area (Å²) in [5.74, 6) is 0.104. The summed E-state index contributed by atoms with van der Waals surface area (Å²) in [4.78, 5) is 22.3. The molecule has 0 bridgehead atoms. The van der Waals surface area contributed by atoms with Gasteiger partial charge in [-0.2, -0.15) is 0 Å². The minimum absolute atomic E-state index is 0.104. The lowest BCUT2D eigenvalue weighted by Crippen LogP contribution is -2.59. The number of Topliss-reactive ketones (excluding diaryl/α,β-unsaturated/α-hetero) is 1. The van der Waals surface area contributed by atoms with E-state index in [1.807, 2.05) is 30.3 Å². The molecule has 2 aliphatic heterocycles. The number of benzene rings is 2. The van der Waals surface area contributed by atoms with Crippen molar-refractivity contribution in [3.05, 3.63) is 59.7 Å². The molecule has 23 heavy (non-hydrogen) atoms. The predicted molar refractivity (Wildman–Crippen MR) is 91.4 cm³/mol. The first-order chi connectivity index (χ1) is 11.1. The molecule has 3 aliphatic rings. The Hall–Kier alpha value is -2.55. The normalized spacial score (nSPS) is 30.1. The third-order valence-corrected chi connectivity index (χ3v) is 6.02. The first-order valence-electron chi connectivity index (χ1n) is 7.96. The molecule has 3 heteroatoms. The molecule has 112 valence electrons. The zero-order valence-corrected chi connectivity index (χ0v) is 13.1. The minimum Gasteiger partial charge on any atom is -0.292 e. The Bertz CT molecular complexity index is 956. The fourth-order valence-corrected chi connectivity index (χ4v) is 4.62. The Labute approximate surface area is 134 Å². The molecule has 1 saturated carbocycles. The fraction of sp³-hybridized carbons (Fsp3) is 0.250. The van der Waals surface area contributed by atoms with E-state index < -0.39 is 5.41 Å². The molecule has 3 nitrogen and oxygen atoms in total. The van der Waals surface area contributed by atoms with Crippen LogP contribution in [0.15, 0.2) is 58.5 Å². The molecule has 2 unspecified atom stereocenters. The van der Waals surface area contributed by atoms with Gasteiger partial charge in [0, 0.05) is 11.1 Å². The van der Waals surface area contributed by atoms with Gasteiger partial charge in [0.1, 0.15) is 0 Å². The second kappa shape index (κ2) is 3.85. The van der Waals surface area contributed by atoms with Crippen LogP contribution in [-0.2, 0) is 15.6 Å². The lowest BCUT2D eigenvalue weighted by Gasteiger charge is -2.47. The smallest absolute Gasteiger partial charge is 0.183 e. The number of fused-ring (bicyclic) bond motifs is 7. The molecule has 2 aromatic rings. The topological polar surface area (TPSA) is 41.8 Å². The molecule has 2 aromatic carbocycles. The van der Waals surface area contributed by atoms with E-state index in [0.29, 0.717) is 12.1 Å². The number of carbonyl (C=O) groups excluding carboxylic acids is 1. The molecule has 0 aromatic heterocycles. The third kappa shape index (κ3) is 1.26. The maximum absolute atomic E-state index is 12.8. The lowest BCUT2D eigenvalue weighted by atomic mass is 9.52. The van der Waals surface area contributed by atoms with Gasteiger partial charge in [0.05, 0.1) is 28.9 Å². The molecule has 2 heterocycles. The number of para-hydroxylation sites is 2. The third-order valence-electron chi connectivity index (χ3n) is 6.02. The fourth-order valence-electron chi connectivity index (χ4n) is 4.62. The minimum atomic E-state index is -0.454. The summed E-state index contributed by atoms with van der Waals surface area (Å²) >= 11 is 0. The van der Waals surface area contributed by atoms with E-state index in [0.717, 1.165) is 22.6 Å². The second-order valence-corrected chi connectivity index (χ2v) is 6.90. The summed E-state index contributed by atoms with van der Waals surface area (Å²) in [5.41, 5.74) is 5.14. The molecule has 0 N–H and O–H groups in total. The van der Waals surface area contributed by atoms with Gasteiger partial charge in [-0.3, -0.25) is 9.79 Å². The summed E-state index contributed by atoms with van der Waals surface area (Å²) in [6.07, 6.45) is 0.369. The summed E-state index contributed by atoms with van der Waals surface area (Å²) in [6, 6.07) is 16.4. The molecule has 5 rings (SSSR count). The van der Waals surface area contributed by atoms with Crippen LogP contribution in [0.5, 0.6) is 0 Å². The van der Waals surface area contributed by atoms with E-state index in [4.69, 9.17) is 9.98 Å². The zero-order valence-electron chi connectivity index (χ0n) is 13.1. The molecule has 2 atom stereocenters. The largest absolute Gasteiger partial charge is 0.292 e. The van der Waals surface area contributed by atoms with E-state index in [-0.39, 0.29) is 11.2 Å². The number of ketones is 1. The van der Waals surface area contributed by atoms with Crippen LogP contribution in [0.2, 0.25) is 0 Å². The highest BCUT2D eigenvalue weighted by Gasteiger charge is 2.63. The quantitative estimate of drug-likeness (QED) is 0.723. The standard InChI is InChI=1S/C20H16N2O/c1-19-12-7-3-5-9-14(12)21-17(19)11-16(23)18-20(19,2)13-8-4-6-10-15(13)22-18/h3-10H,11H2,1-2H3. The lowest BCUT2D eigenvalue weighted by molar-refractivity contribution is -0.112. The second-order valence-electron chi connectivity index (χ2n) is 6.90. The van der Waals surface area contributed by atoms with Crippen LogP contribution >= 0.6 is 0 Å². The van der Waals surface area contributed by atoms with Gasteiger partial charge in [-0.1, -0.05) is 36.4 Å². The van der Waals surface area contributed by atoms with E-state index >= 15 is 0 Å². The van der Waals surface area contributed by atoms with Gasteiger partial charge in [0.2, 0.25) is 0 Å². The summed E-state index contributed by atoms with van der Waals surface area (Å²) in [7, 11) is 0. The van der Waals surface area contributed by atoms with Gasteiger partial charge in [0.15, 0.2) is 5.78 Å². The molecule has 0 saturated heterocycles. The summed E-state index contributed by atoms with van der Waals surface area (Å²) < 4.78 is 0. The maximum Gasteiger partial charge on any atom is 0.183 e. The predicted octanol–water partition coefficient (Wildman–Crippen LogP) is 4.05. The Morgan fingerprint density at radius 2 is 1.39 bits per heavy atom. The van der Waals surface area contributed by atoms with Crippen molar-refractivity contribution in [1.29, 1.82) is 0 Å². The Morgan fingerprint density at radius 3 is 2.09 bits per heavy atom. The van der Waals surface area contributed by atoms with Gasteiger partial charge in [-0.15, -0.1) is 0 Å².